The van der Waals surface area contributed by atoms with Gasteiger partial charge < -0.3 is 5.32 Å². The number of nitrogens with zero attached hydrogens (tertiary/aromatic N) is 1. The van der Waals surface area contributed by atoms with Crippen LogP contribution in [0.25, 0.3) is 0 Å². The van der Waals surface area contributed by atoms with Gasteiger partial charge in [-0.3, -0.25) is 4.79 Å². The summed E-state index contributed by atoms with van der Waals surface area (Å²) in [6.07, 6.45) is 0. The Balaban J connectivity index is 1.87. The zero-order valence-electron chi connectivity index (χ0n) is 17.4. The third kappa shape index (κ3) is 5.14. The smallest absolute Gasteiger partial charge is 0.243 e. The molecule has 156 valence electrons. The van der Waals surface area contributed by atoms with E-state index < -0.39 is 10.0 Å². The molecule has 6 heteroatoms. The second-order valence-corrected chi connectivity index (χ2v) is 9.31. The maximum Gasteiger partial charge on any atom is 0.243 e. The fourth-order valence-corrected chi connectivity index (χ4v) is 4.51. The summed E-state index contributed by atoms with van der Waals surface area (Å²) >= 11 is 0. The normalized spacial score (nSPS) is 11.5. The summed E-state index contributed by atoms with van der Waals surface area (Å²) in [5, 5.41) is 2.85. The van der Waals surface area contributed by atoms with E-state index in [1.165, 1.54) is 4.31 Å². The molecule has 0 unspecified atom stereocenters. The Hall–Kier alpha value is -2.96. The molecule has 3 rings (SSSR count). The average molecular weight is 423 g/mol. The molecule has 0 aliphatic rings. The monoisotopic (exact) mass is 422 g/mol. The molecule has 30 heavy (non-hydrogen) atoms. The lowest BCUT2D eigenvalue weighted by Gasteiger charge is -2.22. The van der Waals surface area contributed by atoms with Gasteiger partial charge in [-0.1, -0.05) is 60.2 Å². The molecule has 0 aliphatic carbocycles. The lowest BCUT2D eigenvalue weighted by molar-refractivity contribution is -0.116. The first kappa shape index (κ1) is 21.7. The van der Waals surface area contributed by atoms with E-state index in [0.29, 0.717) is 5.69 Å². The van der Waals surface area contributed by atoms with Crippen molar-refractivity contribution in [1.82, 2.24) is 4.31 Å². The third-order valence-electron chi connectivity index (χ3n) is 5.06. The van der Waals surface area contributed by atoms with Crippen molar-refractivity contribution >= 4 is 21.6 Å². The maximum absolute atomic E-state index is 13.3. The molecule has 0 aromatic heterocycles. The number of anilines is 1. The maximum atomic E-state index is 13.3. The van der Waals surface area contributed by atoms with Gasteiger partial charge in [-0.05, 0) is 55.7 Å². The first-order valence-electron chi connectivity index (χ1n) is 9.74. The Morgan fingerprint density at radius 2 is 1.53 bits per heavy atom. The Morgan fingerprint density at radius 3 is 2.20 bits per heavy atom. The average Bonchev–Trinajstić information content (AvgIpc) is 2.73. The van der Waals surface area contributed by atoms with E-state index >= 15 is 0 Å². The minimum Gasteiger partial charge on any atom is -0.325 e. The lowest BCUT2D eigenvalue weighted by Crippen LogP contribution is -2.37. The van der Waals surface area contributed by atoms with Gasteiger partial charge in [0.2, 0.25) is 15.9 Å². The first-order valence-corrected chi connectivity index (χ1v) is 11.2. The zero-order valence-corrected chi connectivity index (χ0v) is 18.2. The number of amides is 1. The highest BCUT2D eigenvalue weighted by Gasteiger charge is 2.27. The minimum atomic E-state index is -3.84. The van der Waals surface area contributed by atoms with Gasteiger partial charge in [0.15, 0.2) is 0 Å². The van der Waals surface area contributed by atoms with Crippen LogP contribution in [0.15, 0.2) is 77.7 Å². The van der Waals surface area contributed by atoms with Gasteiger partial charge >= 0.3 is 0 Å². The third-order valence-corrected chi connectivity index (χ3v) is 6.87. The lowest BCUT2D eigenvalue weighted by atomic mass is 10.1. The summed E-state index contributed by atoms with van der Waals surface area (Å²) in [6.45, 7) is 5.69. The van der Waals surface area contributed by atoms with E-state index in [1.54, 1.807) is 30.3 Å². The second kappa shape index (κ2) is 9.24. The number of rotatable bonds is 7. The van der Waals surface area contributed by atoms with Gasteiger partial charge in [0.25, 0.3) is 0 Å². The van der Waals surface area contributed by atoms with Crippen molar-refractivity contribution in [1.29, 1.82) is 0 Å². The molecule has 5 nitrogen and oxygen atoms in total. The first-order chi connectivity index (χ1) is 14.3. The van der Waals surface area contributed by atoms with E-state index in [2.05, 4.69) is 5.32 Å². The predicted octanol–water partition coefficient (Wildman–Crippen LogP) is 4.44. The van der Waals surface area contributed by atoms with Crippen molar-refractivity contribution in [2.24, 2.45) is 0 Å². The molecule has 1 N–H and O–H groups in total. The molecule has 0 spiro atoms. The Bertz CT molecular complexity index is 1120. The highest BCUT2D eigenvalue weighted by Crippen LogP contribution is 2.21. The Labute approximate surface area is 178 Å². The molecular weight excluding hydrogens is 396 g/mol. The van der Waals surface area contributed by atoms with Gasteiger partial charge in [0.05, 0.1) is 11.4 Å². The van der Waals surface area contributed by atoms with Crippen LogP contribution in [0.2, 0.25) is 0 Å². The number of aryl methyl sites for hydroxylation is 2. The van der Waals surface area contributed by atoms with Crippen LogP contribution < -0.4 is 5.32 Å². The largest absolute Gasteiger partial charge is 0.325 e. The number of hydrogen-bond acceptors (Lipinski definition) is 3. The van der Waals surface area contributed by atoms with Crippen LogP contribution in [0.5, 0.6) is 0 Å². The van der Waals surface area contributed by atoms with Crippen molar-refractivity contribution in [2.75, 3.05) is 11.9 Å². The molecule has 0 heterocycles. The Morgan fingerprint density at radius 1 is 0.867 bits per heavy atom. The summed E-state index contributed by atoms with van der Waals surface area (Å²) < 4.78 is 27.7. The molecule has 0 saturated carbocycles. The molecule has 1 amide bonds. The van der Waals surface area contributed by atoms with Crippen molar-refractivity contribution in [3.8, 4) is 0 Å². The van der Waals surface area contributed by atoms with Gasteiger partial charge in [0.1, 0.15) is 0 Å². The molecular formula is C24H26N2O3S. The summed E-state index contributed by atoms with van der Waals surface area (Å²) in [5.41, 5.74) is 4.61. The van der Waals surface area contributed by atoms with Gasteiger partial charge in [-0.15, -0.1) is 0 Å². The van der Waals surface area contributed by atoms with Gasteiger partial charge in [0, 0.05) is 12.2 Å². The van der Waals surface area contributed by atoms with Crippen molar-refractivity contribution in [3.63, 3.8) is 0 Å². The number of carbonyl (C=O) groups excluding carboxylic acids is 1. The number of carbonyl (C=O) groups is 1. The van der Waals surface area contributed by atoms with Crippen molar-refractivity contribution in [2.45, 2.75) is 32.2 Å². The number of hydrogen-bond donors (Lipinski definition) is 1. The van der Waals surface area contributed by atoms with Crippen molar-refractivity contribution < 1.29 is 13.2 Å². The van der Waals surface area contributed by atoms with E-state index in [-0.39, 0.29) is 23.9 Å². The summed E-state index contributed by atoms with van der Waals surface area (Å²) in [6, 6.07) is 21.5. The molecule has 0 atom stereocenters. The van der Waals surface area contributed by atoms with Crippen LogP contribution in [0.3, 0.4) is 0 Å². The second-order valence-electron chi connectivity index (χ2n) is 7.37. The molecule has 0 radical (unpaired) electrons. The molecule has 0 fully saturated rings. The summed E-state index contributed by atoms with van der Waals surface area (Å²) in [5.74, 6) is -0.379. The predicted molar refractivity (Wildman–Crippen MR) is 120 cm³/mol. The van der Waals surface area contributed by atoms with Crippen LogP contribution in [-0.2, 0) is 21.4 Å². The molecule has 3 aromatic carbocycles. The molecule has 0 bridgehead atoms. The van der Waals surface area contributed by atoms with E-state index in [0.717, 1.165) is 22.3 Å². The number of benzene rings is 3. The topological polar surface area (TPSA) is 66.5 Å². The van der Waals surface area contributed by atoms with Crippen LogP contribution in [0.4, 0.5) is 5.69 Å². The standard InChI is InChI=1S/C24H26N2O3S/c1-18-12-14-21(15-13-18)16-26(30(28,29)22-9-5-4-6-10-22)17-24(27)25-23-11-7-8-19(2)20(23)3/h4-15H,16-17H2,1-3H3,(H,25,27). The molecule has 3 aromatic rings. The number of nitrogens with one attached hydrogen (secondary N) is 1. The Kier molecular flexibility index (Phi) is 6.70. The quantitative estimate of drug-likeness (QED) is 0.612. The van der Waals surface area contributed by atoms with E-state index in [1.807, 2.05) is 63.2 Å². The highest BCUT2D eigenvalue weighted by atomic mass is 32.2. The van der Waals surface area contributed by atoms with Crippen LogP contribution in [0, 0.1) is 20.8 Å². The molecule has 0 aliphatic heterocycles. The fourth-order valence-electron chi connectivity index (χ4n) is 3.10. The fraction of sp³-hybridized carbons (Fsp3) is 0.208. The van der Waals surface area contributed by atoms with Crippen LogP contribution in [-0.4, -0.2) is 25.2 Å². The van der Waals surface area contributed by atoms with Crippen LogP contribution >= 0.6 is 0 Å². The van der Waals surface area contributed by atoms with E-state index in [4.69, 9.17) is 0 Å². The zero-order chi connectivity index (χ0) is 21.7. The van der Waals surface area contributed by atoms with Crippen LogP contribution in [0.1, 0.15) is 22.3 Å². The minimum absolute atomic E-state index is 0.109. The summed E-state index contributed by atoms with van der Waals surface area (Å²) in [4.78, 5) is 13.0. The highest BCUT2D eigenvalue weighted by molar-refractivity contribution is 7.89. The van der Waals surface area contributed by atoms with Gasteiger partial charge in [-0.25, -0.2) is 8.42 Å². The van der Waals surface area contributed by atoms with Crippen molar-refractivity contribution in [3.05, 3.63) is 95.1 Å². The van der Waals surface area contributed by atoms with E-state index in [9.17, 15) is 13.2 Å². The summed E-state index contributed by atoms with van der Waals surface area (Å²) in [7, 11) is -3.84. The number of sulfonamides is 1. The molecule has 0 saturated heterocycles. The van der Waals surface area contributed by atoms with Gasteiger partial charge in [-0.2, -0.15) is 4.31 Å². The SMILES string of the molecule is Cc1ccc(CN(CC(=O)Nc2cccc(C)c2C)S(=O)(=O)c2ccccc2)cc1.